The Bertz CT molecular complexity index is 1230. The summed E-state index contributed by atoms with van der Waals surface area (Å²) in [5, 5.41) is 2.55. The van der Waals surface area contributed by atoms with Crippen LogP contribution < -0.4 is 4.74 Å². The molecular formula is C24H17NO. The number of hydrogen-bond donors (Lipinski definition) is 1. The summed E-state index contributed by atoms with van der Waals surface area (Å²) >= 11 is 0. The third kappa shape index (κ3) is 1.93. The van der Waals surface area contributed by atoms with E-state index in [9.17, 15) is 0 Å². The maximum Gasteiger partial charge on any atom is 0.128 e. The molecule has 2 atom stereocenters. The molecule has 0 saturated heterocycles. The van der Waals surface area contributed by atoms with Gasteiger partial charge in [-0.25, -0.2) is 0 Å². The van der Waals surface area contributed by atoms with Gasteiger partial charge in [0.15, 0.2) is 0 Å². The Hall–Kier alpha value is -3.26. The number of aromatic amines is 1. The van der Waals surface area contributed by atoms with Crippen LogP contribution in [-0.2, 0) is 0 Å². The lowest BCUT2D eigenvalue weighted by atomic mass is 9.87. The number of rotatable bonds is 1. The first kappa shape index (κ1) is 14.0. The van der Waals surface area contributed by atoms with Crippen molar-refractivity contribution in [2.24, 2.45) is 0 Å². The molecule has 0 fully saturated rings. The van der Waals surface area contributed by atoms with Gasteiger partial charge in [-0.15, -0.1) is 0 Å². The van der Waals surface area contributed by atoms with Crippen molar-refractivity contribution in [2.75, 3.05) is 0 Å². The molecule has 1 aromatic heterocycles. The summed E-state index contributed by atoms with van der Waals surface area (Å²) in [5.41, 5.74) is 6.17. The Labute approximate surface area is 151 Å². The Morgan fingerprint density at radius 3 is 2.65 bits per heavy atom. The van der Waals surface area contributed by atoms with Crippen LogP contribution in [0, 0.1) is 0 Å². The molecule has 0 amide bonds. The fraction of sp³-hybridized carbons (Fsp3) is 0.0833. The van der Waals surface area contributed by atoms with Crippen molar-refractivity contribution < 1.29 is 4.74 Å². The molecule has 2 nitrogen and oxygen atoms in total. The SMILES string of the molecule is C1=CC2Oc3ccccc3C2C=C1c1ccc2[nH]c3ccccc3c2c1. The van der Waals surface area contributed by atoms with Crippen LogP contribution in [0.1, 0.15) is 17.0 Å². The minimum Gasteiger partial charge on any atom is -0.485 e. The van der Waals surface area contributed by atoms with E-state index in [1.165, 1.54) is 38.5 Å². The molecule has 2 heteroatoms. The molecule has 0 radical (unpaired) electrons. The molecule has 1 N–H and O–H groups in total. The number of allylic oxidation sites excluding steroid dienone is 2. The Morgan fingerprint density at radius 2 is 1.65 bits per heavy atom. The maximum atomic E-state index is 6.07. The van der Waals surface area contributed by atoms with Gasteiger partial charge in [0.1, 0.15) is 11.9 Å². The number of ether oxygens (including phenoxy) is 1. The van der Waals surface area contributed by atoms with E-state index in [0.717, 1.165) is 5.75 Å². The van der Waals surface area contributed by atoms with E-state index in [4.69, 9.17) is 4.74 Å². The molecule has 0 bridgehead atoms. The minimum atomic E-state index is 0.118. The highest BCUT2D eigenvalue weighted by atomic mass is 16.5. The topological polar surface area (TPSA) is 25.0 Å². The van der Waals surface area contributed by atoms with Gasteiger partial charge in [-0.3, -0.25) is 0 Å². The van der Waals surface area contributed by atoms with Gasteiger partial charge in [0, 0.05) is 33.3 Å². The molecule has 4 aromatic rings. The molecule has 1 aliphatic heterocycles. The summed E-state index contributed by atoms with van der Waals surface area (Å²) in [6.07, 6.45) is 6.86. The van der Waals surface area contributed by atoms with Crippen LogP contribution in [-0.4, -0.2) is 11.1 Å². The Morgan fingerprint density at radius 1 is 0.808 bits per heavy atom. The van der Waals surface area contributed by atoms with E-state index in [-0.39, 0.29) is 6.10 Å². The standard InChI is InChI=1S/C24H17NO/c1-3-7-21-17(5-1)19-13-15(9-11-22(19)25-21)16-10-12-24-20(14-16)18-6-2-4-8-23(18)26-24/h1-14,20,24-25H. The molecule has 26 heavy (non-hydrogen) atoms. The molecule has 0 saturated carbocycles. The number of hydrogen-bond acceptors (Lipinski definition) is 1. The smallest absolute Gasteiger partial charge is 0.128 e. The van der Waals surface area contributed by atoms with Crippen molar-refractivity contribution >= 4 is 27.4 Å². The van der Waals surface area contributed by atoms with Crippen molar-refractivity contribution in [2.45, 2.75) is 12.0 Å². The quantitative estimate of drug-likeness (QED) is 0.466. The zero-order valence-electron chi connectivity index (χ0n) is 14.1. The average molecular weight is 335 g/mol. The molecule has 6 rings (SSSR count). The van der Waals surface area contributed by atoms with Gasteiger partial charge in [0.25, 0.3) is 0 Å². The van der Waals surface area contributed by atoms with E-state index < -0.39 is 0 Å². The maximum absolute atomic E-state index is 6.07. The van der Waals surface area contributed by atoms with Crippen LogP contribution >= 0.6 is 0 Å². The summed E-state index contributed by atoms with van der Waals surface area (Å²) in [4.78, 5) is 3.50. The van der Waals surface area contributed by atoms with Crippen LogP contribution in [0.3, 0.4) is 0 Å². The van der Waals surface area contributed by atoms with Gasteiger partial charge in [0.2, 0.25) is 0 Å². The number of fused-ring (bicyclic) bond motifs is 6. The largest absolute Gasteiger partial charge is 0.485 e. The van der Waals surface area contributed by atoms with Gasteiger partial charge in [-0.1, -0.05) is 54.6 Å². The van der Waals surface area contributed by atoms with Crippen molar-refractivity contribution in [1.29, 1.82) is 0 Å². The number of benzene rings is 3. The van der Waals surface area contributed by atoms with Crippen LogP contribution in [0.4, 0.5) is 0 Å². The second kappa shape index (κ2) is 5.12. The molecule has 124 valence electrons. The third-order valence-electron chi connectivity index (χ3n) is 5.56. The van der Waals surface area contributed by atoms with Crippen molar-refractivity contribution in [3.8, 4) is 5.75 Å². The van der Waals surface area contributed by atoms with Crippen LogP contribution in [0.25, 0.3) is 27.4 Å². The number of aromatic nitrogens is 1. The highest BCUT2D eigenvalue weighted by Crippen LogP contribution is 2.43. The Kier molecular flexibility index (Phi) is 2.75. The lowest BCUT2D eigenvalue weighted by Crippen LogP contribution is -2.16. The van der Waals surface area contributed by atoms with Gasteiger partial charge in [-0.05, 0) is 41.5 Å². The fourth-order valence-electron chi connectivity index (χ4n) is 4.27. The van der Waals surface area contributed by atoms with Gasteiger partial charge in [0.05, 0.1) is 0 Å². The second-order valence-corrected chi connectivity index (χ2v) is 7.06. The van der Waals surface area contributed by atoms with Crippen molar-refractivity contribution in [1.82, 2.24) is 4.98 Å². The summed E-state index contributed by atoms with van der Waals surface area (Å²) in [7, 11) is 0. The summed E-state index contributed by atoms with van der Waals surface area (Å²) < 4.78 is 6.07. The summed E-state index contributed by atoms with van der Waals surface area (Å²) in [5.74, 6) is 1.31. The van der Waals surface area contributed by atoms with Crippen LogP contribution in [0.2, 0.25) is 0 Å². The number of para-hydroxylation sites is 2. The van der Waals surface area contributed by atoms with Gasteiger partial charge < -0.3 is 9.72 Å². The van der Waals surface area contributed by atoms with Crippen LogP contribution in [0.15, 0.2) is 85.0 Å². The van der Waals surface area contributed by atoms with E-state index >= 15 is 0 Å². The normalized spacial score (nSPS) is 20.7. The fourth-order valence-corrected chi connectivity index (χ4v) is 4.27. The summed E-state index contributed by atoms with van der Waals surface area (Å²) in [6.45, 7) is 0. The molecule has 1 aliphatic carbocycles. The predicted molar refractivity (Wildman–Crippen MR) is 107 cm³/mol. The molecule has 2 unspecified atom stereocenters. The van der Waals surface area contributed by atoms with Gasteiger partial charge >= 0.3 is 0 Å². The minimum absolute atomic E-state index is 0.118. The first-order chi connectivity index (χ1) is 12.9. The average Bonchev–Trinajstić information content (AvgIpc) is 3.25. The lowest BCUT2D eigenvalue weighted by Gasteiger charge is -2.18. The third-order valence-corrected chi connectivity index (χ3v) is 5.56. The zero-order valence-corrected chi connectivity index (χ0v) is 14.1. The van der Waals surface area contributed by atoms with Crippen molar-refractivity contribution in [3.63, 3.8) is 0 Å². The van der Waals surface area contributed by atoms with E-state index in [1.54, 1.807) is 0 Å². The second-order valence-electron chi connectivity index (χ2n) is 7.06. The molecule has 0 spiro atoms. The number of nitrogens with one attached hydrogen (secondary N) is 1. The van der Waals surface area contributed by atoms with E-state index in [0.29, 0.717) is 5.92 Å². The molecule has 3 aromatic carbocycles. The van der Waals surface area contributed by atoms with Gasteiger partial charge in [-0.2, -0.15) is 0 Å². The first-order valence-electron chi connectivity index (χ1n) is 9.03. The lowest BCUT2D eigenvalue weighted by molar-refractivity contribution is 0.269. The highest BCUT2D eigenvalue weighted by molar-refractivity contribution is 6.08. The monoisotopic (exact) mass is 335 g/mol. The Balaban J connectivity index is 1.49. The molecule has 2 heterocycles. The number of H-pyrrole nitrogens is 1. The first-order valence-corrected chi connectivity index (χ1v) is 9.03. The van der Waals surface area contributed by atoms with Crippen LogP contribution in [0.5, 0.6) is 5.75 Å². The van der Waals surface area contributed by atoms with Crippen molar-refractivity contribution in [3.05, 3.63) is 96.1 Å². The van der Waals surface area contributed by atoms with E-state index in [2.05, 4.69) is 83.9 Å². The highest BCUT2D eigenvalue weighted by Gasteiger charge is 2.33. The molecular weight excluding hydrogens is 318 g/mol. The van der Waals surface area contributed by atoms with E-state index in [1.807, 2.05) is 6.07 Å². The predicted octanol–water partition coefficient (Wildman–Crippen LogP) is 5.82. The zero-order chi connectivity index (χ0) is 17.1. The summed E-state index contributed by atoms with van der Waals surface area (Å²) in [6, 6.07) is 23.5. The molecule has 2 aliphatic rings.